The number of alkyl halides is 3. The fourth-order valence-corrected chi connectivity index (χ4v) is 2.08. The summed E-state index contributed by atoms with van der Waals surface area (Å²) in [6.07, 6.45) is 0. The molecule has 0 aromatic carbocycles. The monoisotopic (exact) mass is 285 g/mol. The molecule has 1 N–H and O–H groups in total. The lowest BCUT2D eigenvalue weighted by molar-refractivity contribution is -0.131. The number of thioether (sulfide) groups is 1. The van der Waals surface area contributed by atoms with Gasteiger partial charge in [-0.3, -0.25) is 4.79 Å². The Hall–Kier alpha value is -0.470. The van der Waals surface area contributed by atoms with E-state index in [0.29, 0.717) is 13.1 Å². The standard InChI is InChI=1S/C10H18F3N3OS/c1-15-3-5-16(6-4-15)9(17)8-14-2-7-18-10(11,12)13/h14H,2-8H2,1H3. The van der Waals surface area contributed by atoms with Crippen molar-refractivity contribution in [1.82, 2.24) is 15.1 Å². The molecule has 1 aliphatic heterocycles. The second-order valence-electron chi connectivity index (χ2n) is 4.16. The molecule has 0 radical (unpaired) electrons. The molecule has 0 aromatic rings. The molecular weight excluding hydrogens is 267 g/mol. The van der Waals surface area contributed by atoms with Crippen LogP contribution in [0.3, 0.4) is 0 Å². The highest BCUT2D eigenvalue weighted by molar-refractivity contribution is 8.00. The lowest BCUT2D eigenvalue weighted by Crippen LogP contribution is -2.49. The predicted molar refractivity (Wildman–Crippen MR) is 65.5 cm³/mol. The van der Waals surface area contributed by atoms with Gasteiger partial charge in [0, 0.05) is 38.5 Å². The number of nitrogens with one attached hydrogen (secondary N) is 1. The summed E-state index contributed by atoms with van der Waals surface area (Å²) in [5.41, 5.74) is -4.19. The molecule has 1 heterocycles. The smallest absolute Gasteiger partial charge is 0.339 e. The molecule has 0 aromatic heterocycles. The van der Waals surface area contributed by atoms with Crippen LogP contribution in [0.15, 0.2) is 0 Å². The van der Waals surface area contributed by atoms with Gasteiger partial charge in [0.1, 0.15) is 0 Å². The Kier molecular flexibility index (Phi) is 6.24. The molecule has 0 spiro atoms. The van der Waals surface area contributed by atoms with Crippen molar-refractivity contribution in [2.24, 2.45) is 0 Å². The molecule has 0 atom stereocenters. The third-order valence-electron chi connectivity index (χ3n) is 2.68. The lowest BCUT2D eigenvalue weighted by Gasteiger charge is -2.32. The molecular formula is C10H18F3N3OS. The van der Waals surface area contributed by atoms with Gasteiger partial charge in [-0.2, -0.15) is 13.2 Å². The Morgan fingerprint density at radius 3 is 2.44 bits per heavy atom. The summed E-state index contributed by atoms with van der Waals surface area (Å²) in [6.45, 7) is 3.36. The first-order valence-electron chi connectivity index (χ1n) is 5.76. The van der Waals surface area contributed by atoms with Crippen LogP contribution in [-0.4, -0.2) is 73.3 Å². The van der Waals surface area contributed by atoms with Gasteiger partial charge >= 0.3 is 5.51 Å². The van der Waals surface area contributed by atoms with Crippen LogP contribution in [0.2, 0.25) is 0 Å². The van der Waals surface area contributed by atoms with E-state index < -0.39 is 5.51 Å². The van der Waals surface area contributed by atoms with Gasteiger partial charge in [0.05, 0.1) is 6.54 Å². The van der Waals surface area contributed by atoms with E-state index in [1.807, 2.05) is 7.05 Å². The molecule has 0 bridgehead atoms. The molecule has 1 rings (SSSR count). The molecule has 18 heavy (non-hydrogen) atoms. The lowest BCUT2D eigenvalue weighted by atomic mass is 10.3. The van der Waals surface area contributed by atoms with E-state index in [1.165, 1.54) is 0 Å². The van der Waals surface area contributed by atoms with Gasteiger partial charge in [0.2, 0.25) is 5.91 Å². The van der Waals surface area contributed by atoms with Crippen molar-refractivity contribution in [3.05, 3.63) is 0 Å². The molecule has 1 amide bonds. The second-order valence-corrected chi connectivity index (χ2v) is 5.31. The molecule has 0 unspecified atom stereocenters. The van der Waals surface area contributed by atoms with Crippen LogP contribution in [0.4, 0.5) is 13.2 Å². The Morgan fingerprint density at radius 2 is 1.89 bits per heavy atom. The molecule has 1 fully saturated rings. The first kappa shape index (κ1) is 15.6. The summed E-state index contributed by atoms with van der Waals surface area (Å²) in [4.78, 5) is 15.6. The van der Waals surface area contributed by atoms with Crippen LogP contribution in [0, 0.1) is 0 Å². The van der Waals surface area contributed by atoms with Crippen molar-refractivity contribution in [1.29, 1.82) is 0 Å². The number of rotatable bonds is 5. The average molecular weight is 285 g/mol. The summed E-state index contributed by atoms with van der Waals surface area (Å²) in [7, 11) is 1.99. The number of nitrogens with zero attached hydrogens (tertiary/aromatic N) is 2. The van der Waals surface area contributed by atoms with Crippen LogP contribution < -0.4 is 5.32 Å². The minimum Gasteiger partial charge on any atom is -0.339 e. The zero-order chi connectivity index (χ0) is 13.6. The first-order chi connectivity index (χ1) is 8.38. The normalized spacial score (nSPS) is 18.1. The van der Waals surface area contributed by atoms with Crippen LogP contribution in [0.25, 0.3) is 0 Å². The van der Waals surface area contributed by atoms with Crippen molar-refractivity contribution < 1.29 is 18.0 Å². The van der Waals surface area contributed by atoms with Crippen molar-refractivity contribution in [2.45, 2.75) is 5.51 Å². The molecule has 0 saturated carbocycles. The largest absolute Gasteiger partial charge is 0.441 e. The number of hydrogen-bond donors (Lipinski definition) is 1. The fraction of sp³-hybridized carbons (Fsp3) is 0.900. The third kappa shape index (κ3) is 6.46. The van der Waals surface area contributed by atoms with Crippen LogP contribution in [-0.2, 0) is 4.79 Å². The summed E-state index contributed by atoms with van der Waals surface area (Å²) < 4.78 is 35.5. The summed E-state index contributed by atoms with van der Waals surface area (Å²) >= 11 is -0.0730. The van der Waals surface area contributed by atoms with Crippen LogP contribution in [0.5, 0.6) is 0 Å². The molecule has 0 aliphatic carbocycles. The zero-order valence-corrected chi connectivity index (χ0v) is 11.1. The number of hydrogen-bond acceptors (Lipinski definition) is 4. The number of carbonyl (C=O) groups excluding carboxylic acids is 1. The van der Waals surface area contributed by atoms with E-state index in [2.05, 4.69) is 10.2 Å². The maximum absolute atomic E-state index is 11.8. The van der Waals surface area contributed by atoms with E-state index in [-0.39, 0.29) is 36.5 Å². The first-order valence-corrected chi connectivity index (χ1v) is 6.75. The minimum atomic E-state index is -4.19. The number of amides is 1. The van der Waals surface area contributed by atoms with Gasteiger partial charge in [0.15, 0.2) is 0 Å². The van der Waals surface area contributed by atoms with Gasteiger partial charge in [-0.25, -0.2) is 0 Å². The van der Waals surface area contributed by atoms with E-state index in [9.17, 15) is 18.0 Å². The number of halogens is 3. The number of piperazine rings is 1. The third-order valence-corrected chi connectivity index (χ3v) is 3.41. The van der Waals surface area contributed by atoms with Crippen molar-refractivity contribution >= 4 is 17.7 Å². The van der Waals surface area contributed by atoms with Gasteiger partial charge < -0.3 is 15.1 Å². The van der Waals surface area contributed by atoms with Gasteiger partial charge in [-0.15, -0.1) is 0 Å². The Bertz CT molecular complexity index is 268. The average Bonchev–Trinajstić information content (AvgIpc) is 2.27. The highest BCUT2D eigenvalue weighted by Crippen LogP contribution is 2.29. The van der Waals surface area contributed by atoms with Crippen LogP contribution in [0.1, 0.15) is 0 Å². The minimum absolute atomic E-state index is 0.0416. The SMILES string of the molecule is CN1CCN(C(=O)CNCCSC(F)(F)F)CC1. The zero-order valence-electron chi connectivity index (χ0n) is 10.3. The molecule has 4 nitrogen and oxygen atoms in total. The number of likely N-dealkylation sites (N-methyl/N-ethyl adjacent to an activating group) is 1. The molecule has 8 heteroatoms. The second kappa shape index (κ2) is 7.20. The van der Waals surface area contributed by atoms with Gasteiger partial charge in [0.25, 0.3) is 0 Å². The maximum atomic E-state index is 11.8. The highest BCUT2D eigenvalue weighted by atomic mass is 32.2. The Morgan fingerprint density at radius 1 is 1.28 bits per heavy atom. The van der Waals surface area contributed by atoms with E-state index in [1.54, 1.807) is 4.90 Å². The van der Waals surface area contributed by atoms with Crippen molar-refractivity contribution in [2.75, 3.05) is 52.1 Å². The molecule has 106 valence electrons. The fourth-order valence-electron chi connectivity index (χ4n) is 1.60. The van der Waals surface area contributed by atoms with E-state index >= 15 is 0 Å². The highest BCUT2D eigenvalue weighted by Gasteiger charge is 2.27. The van der Waals surface area contributed by atoms with Crippen molar-refractivity contribution in [3.8, 4) is 0 Å². The quantitative estimate of drug-likeness (QED) is 0.751. The number of carbonyl (C=O) groups is 1. The topological polar surface area (TPSA) is 35.6 Å². The predicted octanol–water partition coefficient (Wildman–Crippen LogP) is 0.603. The van der Waals surface area contributed by atoms with Crippen LogP contribution >= 0.6 is 11.8 Å². The molecule has 1 aliphatic rings. The maximum Gasteiger partial charge on any atom is 0.441 e. The van der Waals surface area contributed by atoms with Crippen molar-refractivity contribution in [3.63, 3.8) is 0 Å². The summed E-state index contributed by atoms with van der Waals surface area (Å²) in [6, 6.07) is 0. The molecule has 1 saturated heterocycles. The summed E-state index contributed by atoms with van der Waals surface area (Å²) in [5.74, 6) is -0.111. The van der Waals surface area contributed by atoms with E-state index in [4.69, 9.17) is 0 Å². The Balaban J connectivity index is 2.07. The summed E-state index contributed by atoms with van der Waals surface area (Å²) in [5, 5.41) is 2.74. The van der Waals surface area contributed by atoms with E-state index in [0.717, 1.165) is 13.1 Å². The Labute approximate surface area is 109 Å². The van der Waals surface area contributed by atoms with Gasteiger partial charge in [-0.1, -0.05) is 0 Å². The van der Waals surface area contributed by atoms with Gasteiger partial charge in [-0.05, 0) is 18.8 Å².